The van der Waals surface area contributed by atoms with Crippen LogP contribution in [0.15, 0.2) is 82.5 Å². The summed E-state index contributed by atoms with van der Waals surface area (Å²) in [4.78, 5) is 12.4. The van der Waals surface area contributed by atoms with E-state index in [4.69, 9.17) is 4.74 Å². The van der Waals surface area contributed by atoms with Gasteiger partial charge in [0.1, 0.15) is 5.75 Å². The van der Waals surface area contributed by atoms with E-state index in [1.54, 1.807) is 6.07 Å². The van der Waals surface area contributed by atoms with Crippen LogP contribution in [-0.2, 0) is 16.3 Å². The minimum Gasteiger partial charge on any atom is -0.495 e. The van der Waals surface area contributed by atoms with Crippen molar-refractivity contribution in [3.05, 3.63) is 88.7 Å². The molecule has 4 aromatic rings. The van der Waals surface area contributed by atoms with Crippen molar-refractivity contribution in [3.63, 3.8) is 0 Å². The number of hydrogen-bond acceptors (Lipinski definition) is 4. The van der Waals surface area contributed by atoms with Crippen molar-refractivity contribution in [1.29, 1.82) is 0 Å². The second-order valence-corrected chi connectivity index (χ2v) is 8.59. The van der Waals surface area contributed by atoms with E-state index in [1.165, 1.54) is 60.2 Å². The summed E-state index contributed by atoms with van der Waals surface area (Å²) >= 11 is 0. The standard InChI is InChI=1S/C23H16F3NO5S/c1-32-21-13-15(14-3-2-4-17(11-14)23(24,25)26)5-8-20(21)27-19-9-7-18(33(29,30)31)12-16(19)6-10-22(27)28/h2-13H,1H3,(H,29,30,31). The Kier molecular flexibility index (Phi) is 5.51. The average molecular weight is 475 g/mol. The lowest BCUT2D eigenvalue weighted by Gasteiger charge is -2.16. The number of benzene rings is 3. The first-order valence-electron chi connectivity index (χ1n) is 9.48. The van der Waals surface area contributed by atoms with Gasteiger partial charge in [0.15, 0.2) is 0 Å². The number of pyridine rings is 1. The van der Waals surface area contributed by atoms with Crippen molar-refractivity contribution >= 4 is 21.0 Å². The lowest BCUT2D eigenvalue weighted by atomic mass is 10.0. The molecule has 0 bridgehead atoms. The van der Waals surface area contributed by atoms with Gasteiger partial charge >= 0.3 is 6.18 Å². The van der Waals surface area contributed by atoms with Gasteiger partial charge in [-0.05, 0) is 59.7 Å². The molecule has 33 heavy (non-hydrogen) atoms. The molecule has 0 fully saturated rings. The summed E-state index contributed by atoms with van der Waals surface area (Å²) in [5.74, 6) is 0.221. The average Bonchev–Trinajstić information content (AvgIpc) is 2.77. The summed E-state index contributed by atoms with van der Waals surface area (Å²) < 4.78 is 78.2. The van der Waals surface area contributed by atoms with Crippen molar-refractivity contribution in [2.45, 2.75) is 11.1 Å². The van der Waals surface area contributed by atoms with E-state index in [1.807, 2.05) is 0 Å². The van der Waals surface area contributed by atoms with Crippen LogP contribution >= 0.6 is 0 Å². The molecule has 0 amide bonds. The van der Waals surface area contributed by atoms with E-state index in [0.717, 1.165) is 18.2 Å². The Bertz CT molecular complexity index is 1540. The van der Waals surface area contributed by atoms with Crippen LogP contribution in [0.5, 0.6) is 5.75 Å². The second kappa shape index (κ2) is 8.05. The van der Waals surface area contributed by atoms with E-state index >= 15 is 0 Å². The van der Waals surface area contributed by atoms with Gasteiger partial charge in [0.25, 0.3) is 15.7 Å². The Labute approximate surface area is 186 Å². The molecule has 4 rings (SSSR count). The Balaban J connectivity index is 1.89. The number of halogens is 3. The molecule has 0 saturated carbocycles. The van der Waals surface area contributed by atoms with Crippen molar-refractivity contribution in [3.8, 4) is 22.6 Å². The highest BCUT2D eigenvalue weighted by Crippen LogP contribution is 2.35. The molecule has 0 aliphatic carbocycles. The predicted octanol–water partition coefficient (Wildman–Crippen LogP) is 4.93. The number of methoxy groups -OCH3 is 1. The van der Waals surface area contributed by atoms with Gasteiger partial charge in [0.05, 0.1) is 28.8 Å². The number of ether oxygens (including phenoxy) is 1. The van der Waals surface area contributed by atoms with Gasteiger partial charge in [-0.2, -0.15) is 21.6 Å². The third-order valence-electron chi connectivity index (χ3n) is 5.11. The molecule has 0 radical (unpaired) electrons. The largest absolute Gasteiger partial charge is 0.495 e. The maximum atomic E-state index is 13.1. The first-order valence-corrected chi connectivity index (χ1v) is 10.9. The predicted molar refractivity (Wildman–Crippen MR) is 116 cm³/mol. The molecule has 3 aromatic carbocycles. The van der Waals surface area contributed by atoms with Gasteiger partial charge in [0, 0.05) is 11.5 Å². The van der Waals surface area contributed by atoms with Crippen molar-refractivity contribution < 1.29 is 30.9 Å². The SMILES string of the molecule is COc1cc(-c2cccc(C(F)(F)F)c2)ccc1-n1c(=O)ccc2cc(S(=O)(=O)O)ccc21. The summed E-state index contributed by atoms with van der Waals surface area (Å²) in [6.07, 6.45) is -4.49. The Hall–Kier alpha value is -3.63. The fraction of sp³-hybridized carbons (Fsp3) is 0.0870. The zero-order chi connectivity index (χ0) is 24.0. The molecule has 1 heterocycles. The van der Waals surface area contributed by atoms with Crippen LogP contribution in [0, 0.1) is 0 Å². The smallest absolute Gasteiger partial charge is 0.416 e. The Morgan fingerprint density at radius 3 is 2.30 bits per heavy atom. The van der Waals surface area contributed by atoms with Crippen LogP contribution in [0.4, 0.5) is 13.2 Å². The highest BCUT2D eigenvalue weighted by atomic mass is 32.2. The van der Waals surface area contributed by atoms with Crippen LogP contribution < -0.4 is 10.3 Å². The minimum atomic E-state index is -4.49. The topological polar surface area (TPSA) is 85.6 Å². The van der Waals surface area contributed by atoms with Crippen molar-refractivity contribution in [2.24, 2.45) is 0 Å². The minimum absolute atomic E-state index is 0.221. The van der Waals surface area contributed by atoms with E-state index in [9.17, 15) is 30.9 Å². The molecule has 1 N–H and O–H groups in total. The summed E-state index contributed by atoms with van der Waals surface area (Å²) in [6.45, 7) is 0. The van der Waals surface area contributed by atoms with Crippen LogP contribution in [0.1, 0.15) is 5.56 Å². The Morgan fingerprint density at radius 1 is 0.909 bits per heavy atom. The maximum absolute atomic E-state index is 13.1. The van der Waals surface area contributed by atoms with Gasteiger partial charge in [0.2, 0.25) is 0 Å². The number of hydrogen-bond donors (Lipinski definition) is 1. The normalized spacial score (nSPS) is 12.2. The molecule has 6 nitrogen and oxygen atoms in total. The monoisotopic (exact) mass is 475 g/mol. The van der Waals surface area contributed by atoms with Crippen LogP contribution in [0.25, 0.3) is 27.7 Å². The number of nitrogens with zero attached hydrogens (tertiary/aromatic N) is 1. The third kappa shape index (κ3) is 4.35. The highest BCUT2D eigenvalue weighted by molar-refractivity contribution is 7.85. The molecular weight excluding hydrogens is 459 g/mol. The molecule has 1 aromatic heterocycles. The van der Waals surface area contributed by atoms with Crippen molar-refractivity contribution in [1.82, 2.24) is 4.57 Å². The molecule has 0 saturated heterocycles. The van der Waals surface area contributed by atoms with E-state index in [-0.39, 0.29) is 10.6 Å². The highest BCUT2D eigenvalue weighted by Gasteiger charge is 2.30. The number of rotatable bonds is 4. The van der Waals surface area contributed by atoms with Gasteiger partial charge in [-0.3, -0.25) is 13.9 Å². The molecule has 0 atom stereocenters. The summed E-state index contributed by atoms with van der Waals surface area (Å²) in [5.41, 5.74) is 0.194. The van der Waals surface area contributed by atoms with Crippen LogP contribution in [0.2, 0.25) is 0 Å². The van der Waals surface area contributed by atoms with Crippen LogP contribution in [-0.4, -0.2) is 24.6 Å². The molecule has 170 valence electrons. The van der Waals surface area contributed by atoms with Gasteiger partial charge in [-0.15, -0.1) is 0 Å². The van der Waals surface area contributed by atoms with Crippen LogP contribution in [0.3, 0.4) is 0 Å². The summed E-state index contributed by atoms with van der Waals surface area (Å²) in [6, 6.07) is 15.9. The number of aromatic nitrogens is 1. The number of alkyl halides is 3. The molecule has 0 unspecified atom stereocenters. The second-order valence-electron chi connectivity index (χ2n) is 7.17. The van der Waals surface area contributed by atoms with Gasteiger partial charge in [-0.1, -0.05) is 18.2 Å². The fourth-order valence-corrected chi connectivity index (χ4v) is 4.07. The lowest BCUT2D eigenvalue weighted by Crippen LogP contribution is -2.18. The van der Waals surface area contributed by atoms with Gasteiger partial charge < -0.3 is 4.74 Å². The molecule has 0 aliphatic rings. The van der Waals surface area contributed by atoms with E-state index in [2.05, 4.69) is 0 Å². The first-order chi connectivity index (χ1) is 15.5. The zero-order valence-electron chi connectivity index (χ0n) is 17.0. The van der Waals surface area contributed by atoms with Gasteiger partial charge in [-0.25, -0.2) is 0 Å². The first kappa shape index (κ1) is 22.6. The number of fused-ring (bicyclic) bond motifs is 1. The van der Waals surface area contributed by atoms with E-state index < -0.39 is 27.4 Å². The zero-order valence-corrected chi connectivity index (χ0v) is 17.8. The Morgan fingerprint density at radius 2 is 1.64 bits per heavy atom. The van der Waals surface area contributed by atoms with E-state index in [0.29, 0.717) is 27.7 Å². The summed E-state index contributed by atoms with van der Waals surface area (Å²) in [7, 11) is -3.07. The molecule has 0 aliphatic heterocycles. The third-order valence-corrected chi connectivity index (χ3v) is 5.96. The van der Waals surface area contributed by atoms with Crippen molar-refractivity contribution in [2.75, 3.05) is 7.11 Å². The molecule has 0 spiro atoms. The lowest BCUT2D eigenvalue weighted by molar-refractivity contribution is -0.137. The summed E-state index contributed by atoms with van der Waals surface area (Å²) in [5, 5.41) is 0.369. The quantitative estimate of drug-likeness (QED) is 0.423. The fourth-order valence-electron chi connectivity index (χ4n) is 3.55. The molecule has 10 heteroatoms. The maximum Gasteiger partial charge on any atom is 0.416 e. The molecular formula is C23H16F3NO5S.